The molecule has 0 bridgehead atoms. The third kappa shape index (κ3) is 2.83. The lowest BCUT2D eigenvalue weighted by molar-refractivity contribution is -0.148. The number of nitrogens with zero attached hydrogens (tertiary/aromatic N) is 2. The highest BCUT2D eigenvalue weighted by atomic mass is 16.8. The standard InChI is InChI=1S/C12H13N3O8/c1-5(16)20-4-6-8-9(23-12(18)22-8)10(21-6)15-3-2-7(14-19)13-11(15)17/h2-3,6,8-10,19H,4H2,1H3,(H,13,14,17)/t6-,8-,9-,10-/m1/s1. The average Bonchev–Trinajstić information content (AvgIpc) is 3.03. The Kier molecular flexibility index (Phi) is 3.88. The summed E-state index contributed by atoms with van der Waals surface area (Å²) < 4.78 is 21.6. The van der Waals surface area contributed by atoms with Crippen LogP contribution in [0.4, 0.5) is 10.6 Å². The molecule has 2 aliphatic rings. The van der Waals surface area contributed by atoms with Gasteiger partial charge in [-0.3, -0.25) is 20.0 Å². The molecule has 2 aliphatic heterocycles. The Morgan fingerprint density at radius 2 is 2.17 bits per heavy atom. The molecule has 0 aromatic carbocycles. The van der Waals surface area contributed by atoms with Crippen molar-refractivity contribution in [3.05, 3.63) is 22.7 Å². The molecule has 124 valence electrons. The van der Waals surface area contributed by atoms with Crippen LogP contribution in [0, 0.1) is 0 Å². The van der Waals surface area contributed by atoms with E-state index in [9.17, 15) is 14.4 Å². The number of ether oxygens (including phenoxy) is 4. The first-order valence-corrected chi connectivity index (χ1v) is 6.65. The van der Waals surface area contributed by atoms with Crippen molar-refractivity contribution in [2.45, 2.75) is 31.5 Å². The normalized spacial score (nSPS) is 28.7. The first-order chi connectivity index (χ1) is 11.0. The van der Waals surface area contributed by atoms with Gasteiger partial charge in [-0.2, -0.15) is 4.98 Å². The first-order valence-electron chi connectivity index (χ1n) is 6.65. The van der Waals surface area contributed by atoms with Crippen LogP contribution >= 0.6 is 0 Å². The summed E-state index contributed by atoms with van der Waals surface area (Å²) >= 11 is 0. The number of rotatable bonds is 4. The summed E-state index contributed by atoms with van der Waals surface area (Å²) in [6.07, 6.45) is -3.03. The Morgan fingerprint density at radius 3 is 2.83 bits per heavy atom. The van der Waals surface area contributed by atoms with Gasteiger partial charge in [0, 0.05) is 13.1 Å². The molecule has 1 aromatic heterocycles. The van der Waals surface area contributed by atoms with Gasteiger partial charge in [0.1, 0.15) is 12.7 Å². The van der Waals surface area contributed by atoms with Crippen LogP contribution < -0.4 is 11.2 Å². The Labute approximate surface area is 128 Å². The van der Waals surface area contributed by atoms with Crippen LogP contribution in [0.1, 0.15) is 13.2 Å². The Balaban J connectivity index is 1.86. The summed E-state index contributed by atoms with van der Waals surface area (Å²) in [6, 6.07) is 1.33. The number of fused-ring (bicyclic) bond motifs is 1. The fraction of sp³-hybridized carbons (Fsp3) is 0.500. The fourth-order valence-corrected chi connectivity index (χ4v) is 2.45. The van der Waals surface area contributed by atoms with Crippen LogP contribution in [0.2, 0.25) is 0 Å². The third-order valence-electron chi connectivity index (χ3n) is 3.42. The van der Waals surface area contributed by atoms with Gasteiger partial charge < -0.3 is 18.9 Å². The molecule has 0 aliphatic carbocycles. The maximum Gasteiger partial charge on any atom is 0.509 e. The molecular formula is C12H13N3O8. The number of carbonyl (C=O) groups is 2. The lowest BCUT2D eigenvalue weighted by atomic mass is 10.1. The number of nitrogens with one attached hydrogen (secondary N) is 1. The SMILES string of the molecule is CC(=O)OC[C@H]1O[C@@H](n2ccc(NO)nc2=O)[C@@H]2OC(=O)O[C@@H]21. The van der Waals surface area contributed by atoms with Gasteiger partial charge in [0.15, 0.2) is 24.3 Å². The van der Waals surface area contributed by atoms with E-state index in [-0.39, 0.29) is 12.4 Å². The van der Waals surface area contributed by atoms with E-state index in [0.717, 1.165) is 4.57 Å². The van der Waals surface area contributed by atoms with Gasteiger partial charge in [-0.1, -0.05) is 0 Å². The van der Waals surface area contributed by atoms with Gasteiger partial charge in [0.2, 0.25) is 0 Å². The highest BCUT2D eigenvalue weighted by Crippen LogP contribution is 2.37. The topological polar surface area (TPSA) is 138 Å². The first kappa shape index (κ1) is 15.2. The van der Waals surface area contributed by atoms with E-state index < -0.39 is 42.4 Å². The van der Waals surface area contributed by atoms with E-state index in [1.54, 1.807) is 5.48 Å². The quantitative estimate of drug-likeness (QED) is 0.545. The summed E-state index contributed by atoms with van der Waals surface area (Å²) in [5, 5.41) is 8.74. The zero-order valence-electron chi connectivity index (χ0n) is 11.9. The minimum absolute atomic E-state index is 0.0445. The summed E-state index contributed by atoms with van der Waals surface area (Å²) in [5.41, 5.74) is 1.02. The van der Waals surface area contributed by atoms with Gasteiger partial charge in [0.25, 0.3) is 0 Å². The number of carbonyl (C=O) groups excluding carboxylic acids is 2. The molecule has 2 N–H and O–H groups in total. The Bertz CT molecular complexity index is 689. The fourth-order valence-electron chi connectivity index (χ4n) is 2.45. The highest BCUT2D eigenvalue weighted by molar-refractivity contribution is 5.66. The predicted molar refractivity (Wildman–Crippen MR) is 69.6 cm³/mol. The maximum atomic E-state index is 12.0. The van der Waals surface area contributed by atoms with Crippen molar-refractivity contribution >= 4 is 17.9 Å². The van der Waals surface area contributed by atoms with Crippen LogP contribution in [0.25, 0.3) is 0 Å². The molecule has 0 radical (unpaired) electrons. The van der Waals surface area contributed by atoms with Crippen molar-refractivity contribution in [3.8, 4) is 0 Å². The van der Waals surface area contributed by atoms with Gasteiger partial charge in [0.05, 0.1) is 0 Å². The number of anilines is 1. The van der Waals surface area contributed by atoms with E-state index in [1.165, 1.54) is 19.2 Å². The maximum absolute atomic E-state index is 12.0. The summed E-state index contributed by atoms with van der Waals surface area (Å²) in [5.74, 6) is -0.562. The molecule has 2 saturated heterocycles. The second-order valence-electron chi connectivity index (χ2n) is 4.90. The van der Waals surface area contributed by atoms with E-state index in [2.05, 4.69) is 4.98 Å². The molecule has 23 heavy (non-hydrogen) atoms. The van der Waals surface area contributed by atoms with E-state index in [1.807, 2.05) is 0 Å². The second-order valence-corrected chi connectivity index (χ2v) is 4.90. The molecule has 0 unspecified atom stereocenters. The Hall–Kier alpha value is -2.66. The third-order valence-corrected chi connectivity index (χ3v) is 3.42. The van der Waals surface area contributed by atoms with Crippen molar-refractivity contribution in [2.24, 2.45) is 0 Å². The van der Waals surface area contributed by atoms with Crippen LogP contribution in [-0.4, -0.2) is 51.8 Å². The van der Waals surface area contributed by atoms with Crippen molar-refractivity contribution < 1.29 is 33.7 Å². The highest BCUT2D eigenvalue weighted by Gasteiger charge is 2.55. The second kappa shape index (κ2) is 5.85. The zero-order valence-corrected chi connectivity index (χ0v) is 11.9. The van der Waals surface area contributed by atoms with Crippen LogP contribution in [0.15, 0.2) is 17.1 Å². The van der Waals surface area contributed by atoms with E-state index >= 15 is 0 Å². The van der Waals surface area contributed by atoms with Crippen molar-refractivity contribution in [1.82, 2.24) is 9.55 Å². The largest absolute Gasteiger partial charge is 0.509 e. The number of esters is 1. The molecule has 1 aromatic rings. The van der Waals surface area contributed by atoms with E-state index in [4.69, 9.17) is 24.2 Å². The molecule has 11 heteroatoms. The molecule has 0 saturated carbocycles. The minimum Gasteiger partial charge on any atom is -0.463 e. The molecule has 3 heterocycles. The summed E-state index contributed by atoms with van der Waals surface area (Å²) in [4.78, 5) is 37.8. The zero-order chi connectivity index (χ0) is 16.6. The lowest BCUT2D eigenvalue weighted by Gasteiger charge is -2.18. The van der Waals surface area contributed by atoms with Crippen LogP contribution in [0.5, 0.6) is 0 Å². The predicted octanol–water partition coefficient (Wildman–Crippen LogP) is -0.591. The monoisotopic (exact) mass is 327 g/mol. The van der Waals surface area contributed by atoms with Gasteiger partial charge in [-0.05, 0) is 6.07 Å². The average molecular weight is 327 g/mol. The van der Waals surface area contributed by atoms with E-state index in [0.29, 0.717) is 0 Å². The van der Waals surface area contributed by atoms with Crippen molar-refractivity contribution in [1.29, 1.82) is 0 Å². The van der Waals surface area contributed by atoms with Gasteiger partial charge >= 0.3 is 17.8 Å². The smallest absolute Gasteiger partial charge is 0.463 e. The molecule has 0 amide bonds. The molecular weight excluding hydrogens is 314 g/mol. The van der Waals surface area contributed by atoms with Gasteiger partial charge in [-0.25, -0.2) is 9.59 Å². The molecule has 4 atom stereocenters. The molecule has 2 fully saturated rings. The lowest BCUT2D eigenvalue weighted by Crippen LogP contribution is -2.34. The number of hydrogen-bond donors (Lipinski definition) is 2. The van der Waals surface area contributed by atoms with Crippen molar-refractivity contribution in [3.63, 3.8) is 0 Å². The van der Waals surface area contributed by atoms with Crippen molar-refractivity contribution in [2.75, 3.05) is 12.1 Å². The van der Waals surface area contributed by atoms with Crippen LogP contribution in [-0.2, 0) is 23.7 Å². The molecule has 11 nitrogen and oxygen atoms in total. The summed E-state index contributed by atoms with van der Waals surface area (Å²) in [6.45, 7) is 1.08. The van der Waals surface area contributed by atoms with Gasteiger partial charge in [-0.15, -0.1) is 0 Å². The molecule has 0 spiro atoms. The molecule has 3 rings (SSSR count). The summed E-state index contributed by atoms with van der Waals surface area (Å²) in [7, 11) is 0. The van der Waals surface area contributed by atoms with Crippen LogP contribution in [0.3, 0.4) is 0 Å². The Morgan fingerprint density at radius 1 is 1.43 bits per heavy atom. The number of aromatic nitrogens is 2. The number of hydrogen-bond acceptors (Lipinski definition) is 10. The minimum atomic E-state index is -0.986.